The number of methoxy groups -OCH3 is 1. The average Bonchev–Trinajstić information content (AvgIpc) is 3.56. The quantitative estimate of drug-likeness (QED) is 0.357. The van der Waals surface area contributed by atoms with Crippen LogP contribution in [-0.4, -0.2) is 100 Å². The molecule has 3 amide bonds. The van der Waals surface area contributed by atoms with Gasteiger partial charge in [0, 0.05) is 32.1 Å². The van der Waals surface area contributed by atoms with Crippen molar-refractivity contribution >= 4 is 29.7 Å². The van der Waals surface area contributed by atoms with Crippen molar-refractivity contribution in [2.45, 2.75) is 83.0 Å². The summed E-state index contributed by atoms with van der Waals surface area (Å²) in [6.45, 7) is 5.30. The molecule has 0 spiro atoms. The molecule has 1 aromatic heterocycles. The third kappa shape index (κ3) is 8.35. The molecule has 1 saturated carbocycles. The topological polar surface area (TPSA) is 149 Å². The second-order valence-corrected chi connectivity index (χ2v) is 12.0. The van der Waals surface area contributed by atoms with Gasteiger partial charge in [0.2, 0.25) is 11.8 Å². The van der Waals surface area contributed by atoms with Crippen LogP contribution >= 0.6 is 0 Å². The van der Waals surface area contributed by atoms with Gasteiger partial charge in [-0.05, 0) is 65.0 Å². The largest absolute Gasteiger partial charge is 0.467 e. The summed E-state index contributed by atoms with van der Waals surface area (Å²) in [7, 11) is 2.97. The molecular formula is C31H41N5O8. The lowest BCUT2D eigenvalue weighted by molar-refractivity contribution is -0.155. The molecule has 2 aliphatic rings. The van der Waals surface area contributed by atoms with Gasteiger partial charge in [0.1, 0.15) is 17.7 Å². The molecule has 0 unspecified atom stereocenters. The maximum Gasteiger partial charge on any atom is 0.328 e. The molecule has 44 heavy (non-hydrogen) atoms. The Bertz CT molecular complexity index is 1360. The second-order valence-electron chi connectivity index (χ2n) is 12.0. The Hall–Kier alpha value is -4.42. The number of hydrogen-bond donors (Lipinski definition) is 1. The first-order chi connectivity index (χ1) is 20.9. The number of nitrogens with one attached hydrogen (secondary N) is 1. The van der Waals surface area contributed by atoms with Crippen LogP contribution in [0.5, 0.6) is 5.88 Å². The standard InChI is InChI=1S/C31H41N5O8/c1-31(2,3)44-27(38)16-15-22(30(41)42-5)32-28(39)23-18-26(36(33-23)21-10-7-6-8-11-21)43-19-25(37)35-17-9-12-24(35)29(40)34(4)20-13-14-20/h6-8,10-11,18,20,22,24H,9,12-17,19H2,1-5H3,(H,32,39)/t22-,24-/m0/s1. The number of likely N-dealkylation sites (N-methyl/N-ethyl adjacent to an activating group) is 1. The minimum absolute atomic E-state index is 0.0454. The van der Waals surface area contributed by atoms with Crippen molar-refractivity contribution in [1.29, 1.82) is 0 Å². The zero-order chi connectivity index (χ0) is 32.0. The molecule has 0 bridgehead atoms. The van der Waals surface area contributed by atoms with E-state index in [1.165, 1.54) is 17.9 Å². The SMILES string of the molecule is COC(=O)[C@H](CCC(=O)OC(C)(C)C)NC(=O)c1cc(OCC(=O)N2CCC[C@H]2C(=O)N(C)C2CC2)n(-c2ccccc2)n1. The molecule has 2 fully saturated rings. The maximum absolute atomic E-state index is 13.3. The lowest BCUT2D eigenvalue weighted by Gasteiger charge is -2.28. The molecular weight excluding hydrogens is 570 g/mol. The molecule has 2 heterocycles. The Morgan fingerprint density at radius 3 is 2.43 bits per heavy atom. The Morgan fingerprint density at radius 1 is 1.09 bits per heavy atom. The summed E-state index contributed by atoms with van der Waals surface area (Å²) in [6.07, 6.45) is 3.12. The van der Waals surface area contributed by atoms with Crippen LogP contribution in [0, 0.1) is 0 Å². The number of ether oxygens (including phenoxy) is 3. The number of esters is 2. The van der Waals surface area contributed by atoms with E-state index >= 15 is 0 Å². The average molecular weight is 612 g/mol. The van der Waals surface area contributed by atoms with E-state index in [-0.39, 0.29) is 48.9 Å². The van der Waals surface area contributed by atoms with Crippen LogP contribution in [0.25, 0.3) is 5.69 Å². The van der Waals surface area contributed by atoms with Crippen LogP contribution < -0.4 is 10.1 Å². The van der Waals surface area contributed by atoms with E-state index < -0.39 is 35.5 Å². The van der Waals surface area contributed by atoms with Crippen molar-refractivity contribution in [2.75, 3.05) is 27.3 Å². The monoisotopic (exact) mass is 611 g/mol. The number of carbonyl (C=O) groups excluding carboxylic acids is 5. The van der Waals surface area contributed by atoms with E-state index in [0.717, 1.165) is 19.3 Å². The number of rotatable bonds is 12. The Balaban J connectivity index is 1.47. The van der Waals surface area contributed by atoms with Crippen LogP contribution in [0.1, 0.15) is 69.8 Å². The highest BCUT2D eigenvalue weighted by Gasteiger charge is 2.40. The van der Waals surface area contributed by atoms with Gasteiger partial charge in [0.15, 0.2) is 12.3 Å². The van der Waals surface area contributed by atoms with Crippen LogP contribution in [-0.2, 0) is 28.7 Å². The highest BCUT2D eigenvalue weighted by Crippen LogP contribution is 2.29. The number of hydrogen-bond acceptors (Lipinski definition) is 9. The Morgan fingerprint density at radius 2 is 1.80 bits per heavy atom. The summed E-state index contributed by atoms with van der Waals surface area (Å²) in [6, 6.07) is 8.86. The zero-order valence-corrected chi connectivity index (χ0v) is 25.9. The van der Waals surface area contributed by atoms with Gasteiger partial charge in [0.05, 0.1) is 12.8 Å². The fourth-order valence-corrected chi connectivity index (χ4v) is 5.03. The van der Waals surface area contributed by atoms with Crippen molar-refractivity contribution in [1.82, 2.24) is 24.9 Å². The molecule has 2 aromatic rings. The van der Waals surface area contributed by atoms with Gasteiger partial charge in [-0.3, -0.25) is 19.2 Å². The molecule has 13 heteroatoms. The molecule has 1 N–H and O–H groups in total. The summed E-state index contributed by atoms with van der Waals surface area (Å²) < 4.78 is 17.4. The van der Waals surface area contributed by atoms with Gasteiger partial charge < -0.3 is 29.3 Å². The summed E-state index contributed by atoms with van der Waals surface area (Å²) in [5.41, 5.74) is -0.201. The van der Waals surface area contributed by atoms with Gasteiger partial charge in [-0.2, -0.15) is 5.10 Å². The summed E-state index contributed by atoms with van der Waals surface area (Å²) in [5.74, 6) is -2.23. The number of amides is 3. The number of likely N-dealkylation sites (tertiary alicyclic amines) is 1. The van der Waals surface area contributed by atoms with Crippen molar-refractivity contribution in [2.24, 2.45) is 0 Å². The minimum atomic E-state index is -1.13. The van der Waals surface area contributed by atoms with Crippen molar-refractivity contribution in [3.05, 3.63) is 42.1 Å². The normalized spacial score (nSPS) is 17.0. The summed E-state index contributed by atoms with van der Waals surface area (Å²) >= 11 is 0. The first kappa shape index (κ1) is 32.5. The van der Waals surface area contributed by atoms with Gasteiger partial charge >= 0.3 is 11.9 Å². The molecule has 2 atom stereocenters. The molecule has 13 nitrogen and oxygen atoms in total. The number of benzene rings is 1. The lowest BCUT2D eigenvalue weighted by atomic mass is 10.1. The highest BCUT2D eigenvalue weighted by molar-refractivity contribution is 5.95. The Labute approximate surface area is 256 Å². The van der Waals surface area contributed by atoms with Gasteiger partial charge in [-0.15, -0.1) is 0 Å². The number of para-hydroxylation sites is 1. The van der Waals surface area contributed by atoms with E-state index in [1.807, 2.05) is 6.07 Å². The lowest BCUT2D eigenvalue weighted by Crippen LogP contribution is -2.48. The second kappa shape index (κ2) is 13.9. The first-order valence-electron chi connectivity index (χ1n) is 14.8. The third-order valence-corrected chi connectivity index (χ3v) is 7.40. The molecule has 1 saturated heterocycles. The van der Waals surface area contributed by atoms with Crippen molar-refractivity contribution < 1.29 is 38.2 Å². The molecule has 1 aliphatic heterocycles. The first-order valence-corrected chi connectivity index (χ1v) is 14.8. The third-order valence-electron chi connectivity index (χ3n) is 7.40. The number of carbonyl (C=O) groups is 5. The minimum Gasteiger partial charge on any atom is -0.467 e. The zero-order valence-electron chi connectivity index (χ0n) is 25.9. The fraction of sp³-hybridized carbons (Fsp3) is 0.548. The number of aromatic nitrogens is 2. The molecule has 1 aliphatic carbocycles. The van der Waals surface area contributed by atoms with E-state index in [0.29, 0.717) is 18.7 Å². The van der Waals surface area contributed by atoms with E-state index in [4.69, 9.17) is 14.2 Å². The van der Waals surface area contributed by atoms with Crippen LogP contribution in [0.4, 0.5) is 0 Å². The predicted molar refractivity (Wildman–Crippen MR) is 158 cm³/mol. The van der Waals surface area contributed by atoms with Crippen molar-refractivity contribution in [3.8, 4) is 11.6 Å². The van der Waals surface area contributed by atoms with Crippen LogP contribution in [0.3, 0.4) is 0 Å². The molecule has 4 rings (SSSR count). The predicted octanol–water partition coefficient (Wildman–Crippen LogP) is 2.26. The highest BCUT2D eigenvalue weighted by atomic mass is 16.6. The summed E-state index contributed by atoms with van der Waals surface area (Å²) in [4.78, 5) is 67.4. The van der Waals surface area contributed by atoms with Gasteiger partial charge in [-0.1, -0.05) is 18.2 Å². The molecule has 238 valence electrons. The van der Waals surface area contributed by atoms with Gasteiger partial charge in [-0.25, -0.2) is 9.48 Å². The van der Waals surface area contributed by atoms with Crippen molar-refractivity contribution in [3.63, 3.8) is 0 Å². The van der Waals surface area contributed by atoms with Crippen LogP contribution in [0.2, 0.25) is 0 Å². The van der Waals surface area contributed by atoms with E-state index in [2.05, 4.69) is 10.4 Å². The van der Waals surface area contributed by atoms with Gasteiger partial charge in [0.25, 0.3) is 11.8 Å². The van der Waals surface area contributed by atoms with E-state index in [9.17, 15) is 24.0 Å². The van der Waals surface area contributed by atoms with E-state index in [1.54, 1.807) is 61.9 Å². The fourth-order valence-electron chi connectivity index (χ4n) is 5.03. The maximum atomic E-state index is 13.3. The number of nitrogens with zero attached hydrogens (tertiary/aromatic N) is 4. The van der Waals surface area contributed by atoms with Crippen LogP contribution in [0.15, 0.2) is 36.4 Å². The molecule has 1 aromatic carbocycles. The Kier molecular flexibility index (Phi) is 10.3. The summed E-state index contributed by atoms with van der Waals surface area (Å²) in [5, 5.41) is 6.96. The molecule has 0 radical (unpaired) electrons. The smallest absolute Gasteiger partial charge is 0.328 e.